The van der Waals surface area contributed by atoms with E-state index in [1.165, 1.54) is 29.2 Å². The van der Waals surface area contributed by atoms with Gasteiger partial charge in [0, 0.05) is 18.5 Å². The van der Waals surface area contributed by atoms with E-state index in [-0.39, 0.29) is 6.42 Å². The maximum atomic E-state index is 13.2. The number of piperidine rings is 1. The maximum Gasteiger partial charge on any atom is 0.265 e. The van der Waals surface area contributed by atoms with Crippen LogP contribution in [0, 0.1) is 11.3 Å². The van der Waals surface area contributed by atoms with Crippen molar-refractivity contribution in [2.24, 2.45) is 0 Å². The van der Waals surface area contributed by atoms with Gasteiger partial charge in [0.2, 0.25) is 0 Å². The SMILES string of the molecule is N#Cc1ccc(C(=O)N2CCCC(F)(F)C2)cc1. The van der Waals surface area contributed by atoms with E-state index in [0.29, 0.717) is 24.1 Å². The molecule has 18 heavy (non-hydrogen) atoms. The zero-order chi connectivity index (χ0) is 13.2. The fourth-order valence-electron chi connectivity index (χ4n) is 2.01. The molecule has 1 aliphatic rings. The summed E-state index contributed by atoms with van der Waals surface area (Å²) < 4.78 is 26.4. The second kappa shape index (κ2) is 4.73. The van der Waals surface area contributed by atoms with Gasteiger partial charge < -0.3 is 4.90 Å². The summed E-state index contributed by atoms with van der Waals surface area (Å²) in [7, 11) is 0. The van der Waals surface area contributed by atoms with Gasteiger partial charge in [-0.15, -0.1) is 0 Å². The summed E-state index contributed by atoms with van der Waals surface area (Å²) in [6.07, 6.45) is 0.152. The highest BCUT2D eigenvalue weighted by atomic mass is 19.3. The van der Waals surface area contributed by atoms with Gasteiger partial charge >= 0.3 is 0 Å². The van der Waals surface area contributed by atoms with Gasteiger partial charge in [0.1, 0.15) is 0 Å². The second-order valence-electron chi connectivity index (χ2n) is 4.38. The van der Waals surface area contributed by atoms with Crippen LogP contribution < -0.4 is 0 Å². The minimum Gasteiger partial charge on any atom is -0.333 e. The molecule has 0 unspecified atom stereocenters. The quantitative estimate of drug-likeness (QED) is 0.768. The summed E-state index contributed by atoms with van der Waals surface area (Å²) in [6, 6.07) is 7.95. The Morgan fingerprint density at radius 3 is 2.56 bits per heavy atom. The highest BCUT2D eigenvalue weighted by molar-refractivity contribution is 5.94. The molecule has 0 spiro atoms. The Kier molecular flexibility index (Phi) is 3.28. The first-order valence-electron chi connectivity index (χ1n) is 5.69. The monoisotopic (exact) mass is 250 g/mol. The third kappa shape index (κ3) is 2.65. The van der Waals surface area contributed by atoms with Gasteiger partial charge in [-0.2, -0.15) is 5.26 Å². The summed E-state index contributed by atoms with van der Waals surface area (Å²) in [6.45, 7) is -0.166. The molecule has 3 nitrogen and oxygen atoms in total. The Balaban J connectivity index is 2.13. The van der Waals surface area contributed by atoms with E-state index in [4.69, 9.17) is 5.26 Å². The lowest BCUT2D eigenvalue weighted by Crippen LogP contribution is -2.45. The summed E-state index contributed by atoms with van der Waals surface area (Å²) in [5.74, 6) is -3.19. The van der Waals surface area contributed by atoms with Crippen LogP contribution >= 0.6 is 0 Å². The molecule has 1 fully saturated rings. The number of nitrogens with zero attached hydrogens (tertiary/aromatic N) is 2. The van der Waals surface area contributed by atoms with Crippen LogP contribution in [0.15, 0.2) is 24.3 Å². The molecule has 0 aliphatic carbocycles. The van der Waals surface area contributed by atoms with Gasteiger partial charge in [0.15, 0.2) is 0 Å². The molecule has 0 atom stereocenters. The molecule has 0 aromatic heterocycles. The van der Waals surface area contributed by atoms with Crippen LogP contribution in [0.25, 0.3) is 0 Å². The molecule has 1 aromatic rings. The van der Waals surface area contributed by atoms with E-state index in [2.05, 4.69) is 0 Å². The third-order valence-corrected chi connectivity index (χ3v) is 2.94. The highest BCUT2D eigenvalue weighted by Gasteiger charge is 2.37. The van der Waals surface area contributed by atoms with Crippen LogP contribution in [0.3, 0.4) is 0 Å². The van der Waals surface area contributed by atoms with Crippen molar-refractivity contribution in [1.29, 1.82) is 5.26 Å². The van der Waals surface area contributed by atoms with E-state index in [9.17, 15) is 13.6 Å². The lowest BCUT2D eigenvalue weighted by molar-refractivity contribution is -0.0560. The van der Waals surface area contributed by atoms with Crippen molar-refractivity contribution in [2.75, 3.05) is 13.1 Å². The Morgan fingerprint density at radius 2 is 2.00 bits per heavy atom. The number of benzene rings is 1. The predicted molar refractivity (Wildman–Crippen MR) is 61.2 cm³/mol. The Labute approximate surface area is 104 Å². The number of hydrogen-bond acceptors (Lipinski definition) is 2. The van der Waals surface area contributed by atoms with Gasteiger partial charge in [0.05, 0.1) is 18.2 Å². The molecular weight excluding hydrogens is 238 g/mol. The molecule has 1 heterocycles. The first kappa shape index (κ1) is 12.5. The minimum atomic E-state index is -2.79. The summed E-state index contributed by atoms with van der Waals surface area (Å²) >= 11 is 0. The lowest BCUT2D eigenvalue weighted by atomic mass is 10.1. The number of alkyl halides is 2. The average Bonchev–Trinajstić information content (AvgIpc) is 2.37. The van der Waals surface area contributed by atoms with Crippen molar-refractivity contribution in [1.82, 2.24) is 4.90 Å². The number of carbonyl (C=O) groups excluding carboxylic acids is 1. The first-order valence-corrected chi connectivity index (χ1v) is 5.69. The molecule has 0 bridgehead atoms. The predicted octanol–water partition coefficient (Wildman–Crippen LogP) is 2.43. The molecule has 1 aromatic carbocycles. The normalized spacial score (nSPS) is 18.2. The van der Waals surface area contributed by atoms with Gasteiger partial charge in [0.25, 0.3) is 11.8 Å². The second-order valence-corrected chi connectivity index (χ2v) is 4.38. The minimum absolute atomic E-state index is 0.163. The largest absolute Gasteiger partial charge is 0.333 e. The number of rotatable bonds is 1. The van der Waals surface area contributed by atoms with Crippen molar-refractivity contribution in [3.05, 3.63) is 35.4 Å². The van der Waals surface area contributed by atoms with Crippen LogP contribution in [0.4, 0.5) is 8.78 Å². The van der Waals surface area contributed by atoms with E-state index in [1.54, 1.807) is 0 Å². The smallest absolute Gasteiger partial charge is 0.265 e. The van der Waals surface area contributed by atoms with Crippen molar-refractivity contribution >= 4 is 5.91 Å². The van der Waals surface area contributed by atoms with Crippen molar-refractivity contribution in [3.63, 3.8) is 0 Å². The first-order chi connectivity index (χ1) is 8.52. The molecule has 5 heteroatoms. The molecule has 2 rings (SSSR count). The molecule has 1 amide bonds. The van der Waals surface area contributed by atoms with E-state index >= 15 is 0 Å². The van der Waals surface area contributed by atoms with Gasteiger partial charge in [-0.05, 0) is 30.7 Å². The van der Waals surface area contributed by atoms with E-state index in [1.807, 2.05) is 6.07 Å². The molecule has 0 radical (unpaired) electrons. The summed E-state index contributed by atoms with van der Waals surface area (Å²) in [4.78, 5) is 13.2. The van der Waals surface area contributed by atoms with Crippen LogP contribution in [0.1, 0.15) is 28.8 Å². The number of likely N-dealkylation sites (tertiary alicyclic amines) is 1. The fourth-order valence-corrected chi connectivity index (χ4v) is 2.01. The Bertz CT molecular complexity index is 491. The zero-order valence-electron chi connectivity index (χ0n) is 9.70. The van der Waals surface area contributed by atoms with E-state index in [0.717, 1.165) is 0 Å². The van der Waals surface area contributed by atoms with Gasteiger partial charge in [-0.25, -0.2) is 8.78 Å². The Morgan fingerprint density at radius 1 is 1.33 bits per heavy atom. The Hall–Kier alpha value is -1.96. The van der Waals surface area contributed by atoms with Gasteiger partial charge in [-0.3, -0.25) is 4.79 Å². The van der Waals surface area contributed by atoms with Crippen molar-refractivity contribution in [2.45, 2.75) is 18.8 Å². The summed E-state index contributed by atoms with van der Waals surface area (Å²) in [5.41, 5.74) is 0.780. The number of nitriles is 1. The highest BCUT2D eigenvalue weighted by Crippen LogP contribution is 2.27. The van der Waals surface area contributed by atoms with Gasteiger partial charge in [-0.1, -0.05) is 0 Å². The topological polar surface area (TPSA) is 44.1 Å². The van der Waals surface area contributed by atoms with Crippen LogP contribution in [-0.2, 0) is 0 Å². The summed E-state index contributed by atoms with van der Waals surface area (Å²) in [5, 5.41) is 8.64. The number of hydrogen-bond donors (Lipinski definition) is 0. The number of amides is 1. The van der Waals surface area contributed by atoms with Crippen LogP contribution in [0.5, 0.6) is 0 Å². The molecular formula is C13H12F2N2O. The zero-order valence-corrected chi connectivity index (χ0v) is 9.70. The van der Waals surface area contributed by atoms with Crippen LogP contribution in [-0.4, -0.2) is 29.8 Å². The molecule has 1 aliphatic heterocycles. The third-order valence-electron chi connectivity index (χ3n) is 2.94. The maximum absolute atomic E-state index is 13.2. The van der Waals surface area contributed by atoms with Crippen molar-refractivity contribution < 1.29 is 13.6 Å². The van der Waals surface area contributed by atoms with Crippen molar-refractivity contribution in [3.8, 4) is 6.07 Å². The van der Waals surface area contributed by atoms with Crippen LogP contribution in [0.2, 0.25) is 0 Å². The van der Waals surface area contributed by atoms with E-state index < -0.39 is 18.4 Å². The number of halogens is 2. The molecule has 1 saturated heterocycles. The fraction of sp³-hybridized carbons (Fsp3) is 0.385. The molecule has 0 saturated carbocycles. The average molecular weight is 250 g/mol. The standard InChI is InChI=1S/C13H12F2N2O/c14-13(15)6-1-7-17(9-13)12(18)11-4-2-10(8-16)3-5-11/h2-5H,1,6-7,9H2. The molecule has 94 valence electrons. The lowest BCUT2D eigenvalue weighted by Gasteiger charge is -2.32. The number of carbonyl (C=O) groups is 1. The molecule has 0 N–H and O–H groups in total.